The molecule has 0 aliphatic carbocycles. The van der Waals surface area contributed by atoms with Gasteiger partial charge in [0.25, 0.3) is 0 Å². The van der Waals surface area contributed by atoms with E-state index >= 15 is 0 Å². The Kier molecular flexibility index (Phi) is 2.51. The number of nitrogens with two attached hydrogens (primary N) is 1. The molecule has 0 saturated carbocycles. The van der Waals surface area contributed by atoms with Crippen LogP contribution in [0.1, 0.15) is 25.3 Å². The summed E-state index contributed by atoms with van der Waals surface area (Å²) in [7, 11) is 0. The van der Waals surface area contributed by atoms with Crippen LogP contribution < -0.4 is 10.6 Å². The Labute approximate surface area is 90.1 Å². The number of nitrogen functional groups attached to an aromatic ring is 1. The minimum atomic E-state index is 0.563. The van der Waals surface area contributed by atoms with Gasteiger partial charge in [0.2, 0.25) is 0 Å². The van der Waals surface area contributed by atoms with Crippen molar-refractivity contribution in [1.82, 2.24) is 0 Å². The second-order valence-corrected chi connectivity index (χ2v) is 4.07. The van der Waals surface area contributed by atoms with Gasteiger partial charge >= 0.3 is 0 Å². The van der Waals surface area contributed by atoms with Gasteiger partial charge in [-0.25, -0.2) is 0 Å². The Hall–Kier alpha value is -1.69. The van der Waals surface area contributed by atoms with E-state index in [0.29, 0.717) is 17.3 Å². The lowest BCUT2D eigenvalue weighted by molar-refractivity contribution is 0.735. The molecule has 1 aliphatic heterocycles. The van der Waals surface area contributed by atoms with Crippen LogP contribution in [0.15, 0.2) is 18.2 Å². The van der Waals surface area contributed by atoms with Gasteiger partial charge in [-0.1, -0.05) is 0 Å². The van der Waals surface area contributed by atoms with E-state index in [1.807, 2.05) is 18.2 Å². The number of hydrogen-bond acceptors (Lipinski definition) is 3. The van der Waals surface area contributed by atoms with E-state index in [-0.39, 0.29) is 0 Å². The fraction of sp³-hybridized carbons (Fsp3) is 0.417. The first-order chi connectivity index (χ1) is 7.22. The number of hydrogen-bond donors (Lipinski definition) is 1. The highest BCUT2D eigenvalue weighted by atomic mass is 15.2. The summed E-state index contributed by atoms with van der Waals surface area (Å²) in [5.74, 6) is 0. The zero-order chi connectivity index (χ0) is 10.8. The highest BCUT2D eigenvalue weighted by molar-refractivity contribution is 5.63. The van der Waals surface area contributed by atoms with Crippen LogP contribution >= 0.6 is 0 Å². The van der Waals surface area contributed by atoms with Crippen molar-refractivity contribution >= 4 is 11.4 Å². The van der Waals surface area contributed by atoms with E-state index < -0.39 is 0 Å². The first-order valence-corrected chi connectivity index (χ1v) is 5.28. The van der Waals surface area contributed by atoms with Gasteiger partial charge in [0.1, 0.15) is 6.07 Å². The molecule has 1 aromatic carbocycles. The van der Waals surface area contributed by atoms with Crippen molar-refractivity contribution in [3.8, 4) is 6.07 Å². The van der Waals surface area contributed by atoms with Gasteiger partial charge in [0.15, 0.2) is 0 Å². The summed E-state index contributed by atoms with van der Waals surface area (Å²) in [5, 5.41) is 8.90. The second kappa shape index (κ2) is 3.82. The third-order valence-corrected chi connectivity index (χ3v) is 3.04. The maximum Gasteiger partial charge on any atom is 0.101 e. The monoisotopic (exact) mass is 201 g/mol. The maximum absolute atomic E-state index is 8.90. The molecule has 0 radical (unpaired) electrons. The molecular formula is C12H15N3. The maximum atomic E-state index is 8.90. The quantitative estimate of drug-likeness (QED) is 0.708. The molecule has 0 spiro atoms. The van der Waals surface area contributed by atoms with Gasteiger partial charge in [-0.3, -0.25) is 0 Å². The molecule has 1 aromatic rings. The van der Waals surface area contributed by atoms with Crippen LogP contribution in [-0.4, -0.2) is 12.6 Å². The molecule has 1 saturated heterocycles. The van der Waals surface area contributed by atoms with Crippen LogP contribution in [0.3, 0.4) is 0 Å². The number of nitrogens with zero attached hydrogens (tertiary/aromatic N) is 2. The van der Waals surface area contributed by atoms with E-state index in [4.69, 9.17) is 11.0 Å². The summed E-state index contributed by atoms with van der Waals surface area (Å²) < 4.78 is 0. The molecule has 15 heavy (non-hydrogen) atoms. The predicted molar refractivity (Wildman–Crippen MR) is 61.6 cm³/mol. The summed E-state index contributed by atoms with van der Waals surface area (Å²) in [4.78, 5) is 2.33. The molecule has 3 heteroatoms. The van der Waals surface area contributed by atoms with E-state index in [2.05, 4.69) is 17.9 Å². The zero-order valence-electron chi connectivity index (χ0n) is 8.90. The van der Waals surface area contributed by atoms with E-state index in [0.717, 1.165) is 12.2 Å². The molecular weight excluding hydrogens is 186 g/mol. The summed E-state index contributed by atoms with van der Waals surface area (Å²) in [6.45, 7) is 3.30. The van der Waals surface area contributed by atoms with Crippen molar-refractivity contribution in [2.45, 2.75) is 25.8 Å². The lowest BCUT2D eigenvalue weighted by atomic mass is 10.1. The molecule has 1 atom stereocenters. The number of nitriles is 1. The summed E-state index contributed by atoms with van der Waals surface area (Å²) >= 11 is 0. The average molecular weight is 201 g/mol. The van der Waals surface area contributed by atoms with Crippen LogP contribution in [0, 0.1) is 11.3 Å². The third kappa shape index (κ3) is 1.75. The van der Waals surface area contributed by atoms with Gasteiger partial charge in [0.05, 0.1) is 5.56 Å². The molecule has 0 bridgehead atoms. The minimum absolute atomic E-state index is 0.563. The molecule has 3 nitrogen and oxygen atoms in total. The largest absolute Gasteiger partial charge is 0.398 e. The van der Waals surface area contributed by atoms with Crippen LogP contribution in [0.2, 0.25) is 0 Å². The third-order valence-electron chi connectivity index (χ3n) is 3.04. The number of rotatable bonds is 1. The molecule has 0 unspecified atom stereocenters. The lowest BCUT2D eigenvalue weighted by Crippen LogP contribution is -2.26. The Bertz CT molecular complexity index is 406. The Morgan fingerprint density at radius 2 is 2.33 bits per heavy atom. The van der Waals surface area contributed by atoms with Crippen LogP contribution in [0.25, 0.3) is 0 Å². The summed E-state index contributed by atoms with van der Waals surface area (Å²) in [6.07, 6.45) is 2.46. The lowest BCUT2D eigenvalue weighted by Gasteiger charge is -2.24. The van der Waals surface area contributed by atoms with Gasteiger partial charge in [-0.2, -0.15) is 5.26 Å². The standard InChI is InChI=1S/C12H15N3/c1-9-3-2-6-15(9)11-4-5-12(14)10(7-11)8-13/h4-5,7,9H,2-3,6,14H2,1H3/t9-/m1/s1. The fourth-order valence-electron chi connectivity index (χ4n) is 2.14. The van der Waals surface area contributed by atoms with E-state index in [9.17, 15) is 0 Å². The second-order valence-electron chi connectivity index (χ2n) is 4.07. The van der Waals surface area contributed by atoms with Crippen LogP contribution in [-0.2, 0) is 0 Å². The Balaban J connectivity index is 2.33. The van der Waals surface area contributed by atoms with Crippen molar-refractivity contribution < 1.29 is 0 Å². The van der Waals surface area contributed by atoms with Gasteiger partial charge < -0.3 is 10.6 Å². The Morgan fingerprint density at radius 3 is 2.93 bits per heavy atom. The fourth-order valence-corrected chi connectivity index (χ4v) is 2.14. The predicted octanol–water partition coefficient (Wildman–Crippen LogP) is 2.13. The van der Waals surface area contributed by atoms with Crippen molar-refractivity contribution in [2.75, 3.05) is 17.2 Å². The van der Waals surface area contributed by atoms with Crippen molar-refractivity contribution in [2.24, 2.45) is 0 Å². The number of benzene rings is 1. The molecule has 2 N–H and O–H groups in total. The van der Waals surface area contributed by atoms with Gasteiger partial charge in [0, 0.05) is 24.0 Å². The highest BCUT2D eigenvalue weighted by Crippen LogP contribution is 2.27. The zero-order valence-corrected chi connectivity index (χ0v) is 8.90. The van der Waals surface area contributed by atoms with Gasteiger partial charge in [-0.05, 0) is 38.0 Å². The summed E-state index contributed by atoms with van der Waals surface area (Å²) in [6, 6.07) is 8.39. The van der Waals surface area contributed by atoms with Crippen molar-refractivity contribution in [1.29, 1.82) is 5.26 Å². The van der Waals surface area contributed by atoms with E-state index in [1.165, 1.54) is 12.8 Å². The summed E-state index contributed by atoms with van der Waals surface area (Å²) in [5.41, 5.74) is 7.95. The molecule has 0 amide bonds. The Morgan fingerprint density at radius 1 is 1.53 bits per heavy atom. The normalized spacial score (nSPS) is 20.3. The smallest absolute Gasteiger partial charge is 0.101 e. The first-order valence-electron chi connectivity index (χ1n) is 5.28. The molecule has 78 valence electrons. The SMILES string of the molecule is C[C@@H]1CCCN1c1ccc(N)c(C#N)c1. The molecule has 1 aliphatic rings. The topological polar surface area (TPSA) is 53.0 Å². The van der Waals surface area contributed by atoms with Crippen LogP contribution in [0.5, 0.6) is 0 Å². The van der Waals surface area contributed by atoms with Crippen LogP contribution in [0.4, 0.5) is 11.4 Å². The number of anilines is 2. The first kappa shape index (κ1) is 9.85. The highest BCUT2D eigenvalue weighted by Gasteiger charge is 2.20. The van der Waals surface area contributed by atoms with E-state index in [1.54, 1.807) is 0 Å². The minimum Gasteiger partial charge on any atom is -0.398 e. The molecule has 1 heterocycles. The van der Waals surface area contributed by atoms with Gasteiger partial charge in [-0.15, -0.1) is 0 Å². The van der Waals surface area contributed by atoms with Crippen molar-refractivity contribution in [3.05, 3.63) is 23.8 Å². The molecule has 0 aromatic heterocycles. The molecule has 2 rings (SSSR count). The van der Waals surface area contributed by atoms with Crippen molar-refractivity contribution in [3.63, 3.8) is 0 Å². The molecule has 1 fully saturated rings. The average Bonchev–Trinajstić information content (AvgIpc) is 2.65.